The van der Waals surface area contributed by atoms with E-state index < -0.39 is 11.0 Å². The molecule has 0 aliphatic heterocycles. The fourth-order valence-electron chi connectivity index (χ4n) is 3.22. The van der Waals surface area contributed by atoms with Crippen LogP contribution in [0, 0.1) is 11.8 Å². The first-order valence-electron chi connectivity index (χ1n) is 10.4. The van der Waals surface area contributed by atoms with E-state index in [1.165, 1.54) is 36.8 Å². The fraction of sp³-hybridized carbons (Fsp3) is 0.500. The van der Waals surface area contributed by atoms with Crippen LogP contribution in [0.4, 0.5) is 0 Å². The predicted molar refractivity (Wildman–Crippen MR) is 134 cm³/mol. The maximum atomic E-state index is 12.2. The smallest absolute Gasteiger partial charge is 0.0976 e. The minimum absolute atomic E-state index is 0. The summed E-state index contributed by atoms with van der Waals surface area (Å²) in [5.74, 6) is 1.42. The number of halogens is 2. The molecule has 2 aliphatic carbocycles. The molecule has 30 heavy (non-hydrogen) atoms. The quantitative estimate of drug-likeness (QED) is 0.533. The van der Waals surface area contributed by atoms with Crippen molar-refractivity contribution in [1.29, 1.82) is 0 Å². The molecule has 2 aromatic carbocycles. The van der Waals surface area contributed by atoms with Crippen LogP contribution < -0.4 is 10.5 Å². The molecule has 2 fully saturated rings. The van der Waals surface area contributed by atoms with E-state index in [2.05, 4.69) is 41.1 Å². The molecule has 0 amide bonds. The molecule has 4 rings (SSSR count). The maximum Gasteiger partial charge on any atom is 0.0976 e. The van der Waals surface area contributed by atoms with E-state index in [9.17, 15) is 4.21 Å². The zero-order valence-corrected chi connectivity index (χ0v) is 20.6. The Kier molecular flexibility index (Phi) is 11.0. The van der Waals surface area contributed by atoms with Crippen molar-refractivity contribution in [3.05, 3.63) is 71.8 Å². The highest BCUT2D eigenvalue weighted by atomic mass is 35.5. The van der Waals surface area contributed by atoms with Gasteiger partial charge in [0.1, 0.15) is 0 Å². The van der Waals surface area contributed by atoms with Crippen molar-refractivity contribution in [2.45, 2.75) is 63.3 Å². The Morgan fingerprint density at radius 2 is 1.27 bits per heavy atom. The van der Waals surface area contributed by atoms with Crippen molar-refractivity contribution in [2.75, 3.05) is 0 Å². The highest BCUT2D eigenvalue weighted by Gasteiger charge is 2.35. The Morgan fingerprint density at radius 3 is 1.67 bits per heavy atom. The Balaban J connectivity index is 0.000000302. The second-order valence-corrected chi connectivity index (χ2v) is 11.0. The monoisotopic (exact) mass is 470 g/mol. The van der Waals surface area contributed by atoms with Gasteiger partial charge in [-0.1, -0.05) is 60.7 Å². The Labute approximate surface area is 197 Å². The molecular weight excluding hydrogens is 435 g/mol. The van der Waals surface area contributed by atoms with Crippen molar-refractivity contribution in [3.63, 3.8) is 0 Å². The van der Waals surface area contributed by atoms with Crippen molar-refractivity contribution >= 4 is 35.8 Å². The summed E-state index contributed by atoms with van der Waals surface area (Å²) in [6.45, 7) is 6.02. The highest BCUT2D eigenvalue weighted by molar-refractivity contribution is 7.84. The third kappa shape index (κ3) is 8.32. The second-order valence-electron chi connectivity index (χ2n) is 9.00. The minimum Gasteiger partial charge on any atom is -0.324 e. The van der Waals surface area contributed by atoms with E-state index in [-0.39, 0.29) is 41.6 Å². The molecule has 2 aliphatic rings. The van der Waals surface area contributed by atoms with Crippen LogP contribution >= 0.6 is 24.8 Å². The molecule has 0 radical (unpaired) electrons. The van der Waals surface area contributed by atoms with E-state index in [4.69, 9.17) is 5.73 Å². The van der Waals surface area contributed by atoms with E-state index >= 15 is 0 Å². The summed E-state index contributed by atoms with van der Waals surface area (Å²) in [5, 5.41) is 0. The van der Waals surface area contributed by atoms with Crippen LogP contribution in [0.3, 0.4) is 0 Å². The van der Waals surface area contributed by atoms with Gasteiger partial charge in [0.05, 0.1) is 15.7 Å². The SMILES string of the molecule is CC(C)(C)S(=O)N[C@H](c1ccccc1)C1CC1.Cl.Cl.N[C@H](c1ccccc1)C1CC1. The first-order chi connectivity index (χ1) is 13.4. The zero-order valence-electron chi connectivity index (χ0n) is 18.1. The normalized spacial score (nSPS) is 18.5. The van der Waals surface area contributed by atoms with Crippen LogP contribution in [-0.4, -0.2) is 8.96 Å². The van der Waals surface area contributed by atoms with Gasteiger partial charge in [-0.05, 0) is 69.4 Å². The molecule has 168 valence electrons. The van der Waals surface area contributed by atoms with Gasteiger partial charge in [-0.3, -0.25) is 0 Å². The summed E-state index contributed by atoms with van der Waals surface area (Å²) in [4.78, 5) is 0. The topological polar surface area (TPSA) is 55.1 Å². The number of hydrogen-bond donors (Lipinski definition) is 2. The van der Waals surface area contributed by atoms with Crippen LogP contribution in [0.25, 0.3) is 0 Å². The number of benzene rings is 2. The lowest BCUT2D eigenvalue weighted by atomic mass is 10.0. The molecule has 0 heterocycles. The van der Waals surface area contributed by atoms with Gasteiger partial charge in [0.15, 0.2) is 0 Å². The van der Waals surface area contributed by atoms with Gasteiger partial charge in [-0.2, -0.15) is 0 Å². The lowest BCUT2D eigenvalue weighted by molar-refractivity contribution is 0.556. The van der Waals surface area contributed by atoms with Gasteiger partial charge in [-0.15, -0.1) is 24.8 Å². The van der Waals surface area contributed by atoms with Crippen molar-refractivity contribution in [2.24, 2.45) is 17.6 Å². The Hall–Kier alpha value is -0.910. The Morgan fingerprint density at radius 1 is 0.833 bits per heavy atom. The van der Waals surface area contributed by atoms with Crippen molar-refractivity contribution < 1.29 is 4.21 Å². The molecule has 3 atom stereocenters. The van der Waals surface area contributed by atoms with Gasteiger partial charge in [-0.25, -0.2) is 8.93 Å². The molecule has 0 saturated heterocycles. The van der Waals surface area contributed by atoms with Crippen molar-refractivity contribution in [1.82, 2.24) is 4.72 Å². The summed E-state index contributed by atoms with van der Waals surface area (Å²) in [6, 6.07) is 21.3. The van der Waals surface area contributed by atoms with E-state index in [1.54, 1.807) is 0 Å². The second kappa shape index (κ2) is 12.2. The molecule has 2 saturated carbocycles. The summed E-state index contributed by atoms with van der Waals surface area (Å²) in [6.07, 6.45) is 5.12. The Bertz CT molecular complexity index is 760. The van der Waals surface area contributed by atoms with Crippen LogP contribution in [0.5, 0.6) is 0 Å². The lowest BCUT2D eigenvalue weighted by Gasteiger charge is -2.24. The third-order valence-corrected chi connectivity index (χ3v) is 6.94. The molecular formula is C24H36Cl2N2OS. The van der Waals surface area contributed by atoms with Gasteiger partial charge >= 0.3 is 0 Å². The third-order valence-electron chi connectivity index (χ3n) is 5.36. The largest absolute Gasteiger partial charge is 0.324 e. The first kappa shape index (κ1) is 27.1. The summed E-state index contributed by atoms with van der Waals surface area (Å²) >= 11 is 0. The molecule has 2 aromatic rings. The summed E-state index contributed by atoms with van der Waals surface area (Å²) in [7, 11) is -0.998. The number of rotatable bonds is 6. The standard InChI is InChI=1S/C14H21NOS.C10H13N.2ClH/c1-14(2,3)17(16)15-13(12-9-10-12)11-7-5-4-6-8-11;11-10(9-6-7-9)8-4-2-1-3-5-8;;/h4-8,12-13,15H,9-10H2,1-3H3;1-5,9-10H,6-7,11H2;2*1H/t13-,17?;10-;;/m11../s1. The zero-order chi connectivity index (χ0) is 20.1. The number of nitrogens with one attached hydrogen (secondary N) is 1. The molecule has 6 heteroatoms. The van der Waals surface area contributed by atoms with Crippen LogP contribution in [0.1, 0.15) is 69.7 Å². The van der Waals surface area contributed by atoms with Gasteiger partial charge in [0.2, 0.25) is 0 Å². The average Bonchev–Trinajstić information content (AvgIpc) is 3.59. The summed E-state index contributed by atoms with van der Waals surface area (Å²) in [5.41, 5.74) is 8.54. The van der Waals surface area contributed by atoms with Gasteiger partial charge in [0.25, 0.3) is 0 Å². The molecule has 1 unspecified atom stereocenters. The van der Waals surface area contributed by atoms with Crippen molar-refractivity contribution in [3.8, 4) is 0 Å². The summed E-state index contributed by atoms with van der Waals surface area (Å²) < 4.78 is 15.3. The minimum atomic E-state index is -0.998. The average molecular weight is 472 g/mol. The molecule has 0 aromatic heterocycles. The fourth-order valence-corrected chi connectivity index (χ4v) is 4.13. The van der Waals surface area contributed by atoms with Crippen LogP contribution in [0.2, 0.25) is 0 Å². The van der Waals surface area contributed by atoms with E-state index in [0.717, 1.165) is 5.92 Å². The van der Waals surface area contributed by atoms with E-state index in [1.807, 2.05) is 45.0 Å². The predicted octanol–water partition coefficient (Wildman–Crippen LogP) is 6.13. The maximum absolute atomic E-state index is 12.2. The number of nitrogens with two attached hydrogens (primary N) is 1. The molecule has 3 N–H and O–H groups in total. The van der Waals surface area contributed by atoms with Crippen LogP contribution in [-0.2, 0) is 11.0 Å². The molecule has 0 bridgehead atoms. The molecule has 3 nitrogen and oxygen atoms in total. The lowest BCUT2D eigenvalue weighted by Crippen LogP contribution is -2.36. The highest BCUT2D eigenvalue weighted by Crippen LogP contribution is 2.41. The van der Waals surface area contributed by atoms with Crippen LogP contribution in [0.15, 0.2) is 60.7 Å². The number of hydrogen-bond acceptors (Lipinski definition) is 2. The van der Waals surface area contributed by atoms with E-state index in [0.29, 0.717) is 5.92 Å². The van der Waals surface area contributed by atoms with Gasteiger partial charge in [0, 0.05) is 12.1 Å². The molecule has 0 spiro atoms. The van der Waals surface area contributed by atoms with Gasteiger partial charge < -0.3 is 5.73 Å². The first-order valence-corrected chi connectivity index (χ1v) is 11.5.